The Morgan fingerprint density at radius 1 is 1.18 bits per heavy atom. The van der Waals surface area contributed by atoms with Crippen LogP contribution in [0.1, 0.15) is 26.3 Å². The first kappa shape index (κ1) is 14.2. The zero-order valence-electron chi connectivity index (χ0n) is 10.7. The van der Waals surface area contributed by atoms with Crippen LogP contribution < -0.4 is 5.73 Å². The molecule has 2 N–H and O–H groups in total. The summed E-state index contributed by atoms with van der Waals surface area (Å²) in [4.78, 5) is 0.374. The Labute approximate surface area is 104 Å². The van der Waals surface area contributed by atoms with Crippen molar-refractivity contribution in [1.82, 2.24) is 0 Å². The Morgan fingerprint density at radius 2 is 1.71 bits per heavy atom. The zero-order valence-corrected chi connectivity index (χ0v) is 11.5. The van der Waals surface area contributed by atoms with Crippen molar-refractivity contribution in [3.05, 3.63) is 29.8 Å². The largest absolute Gasteiger partial charge is 0.329 e. The number of nitrogens with two attached hydrogens (primary N) is 1. The van der Waals surface area contributed by atoms with Crippen molar-refractivity contribution in [1.29, 1.82) is 0 Å². The summed E-state index contributed by atoms with van der Waals surface area (Å²) in [5.41, 5.74) is 6.71. The second kappa shape index (κ2) is 5.65. The van der Waals surface area contributed by atoms with Gasteiger partial charge in [0.25, 0.3) is 0 Å². The maximum absolute atomic E-state index is 12.3. The quantitative estimate of drug-likeness (QED) is 0.875. The molecule has 0 amide bonds. The third kappa shape index (κ3) is 3.07. The molecular weight excluding hydrogens is 234 g/mol. The SMILES string of the molecule is CCc1ccc(S(=O)(=O)C(CN)C(C)C)cc1. The molecule has 0 aliphatic heterocycles. The van der Waals surface area contributed by atoms with Gasteiger partial charge in [-0.2, -0.15) is 0 Å². The summed E-state index contributed by atoms with van der Waals surface area (Å²) < 4.78 is 24.6. The molecule has 0 radical (unpaired) electrons. The van der Waals surface area contributed by atoms with Gasteiger partial charge in [-0.1, -0.05) is 32.9 Å². The van der Waals surface area contributed by atoms with Gasteiger partial charge in [-0.25, -0.2) is 8.42 Å². The van der Waals surface area contributed by atoms with Crippen LogP contribution in [-0.4, -0.2) is 20.2 Å². The standard InChI is InChI=1S/C13H21NO2S/c1-4-11-5-7-12(8-6-11)17(15,16)13(9-14)10(2)3/h5-8,10,13H,4,9,14H2,1-3H3. The molecule has 0 fully saturated rings. The van der Waals surface area contributed by atoms with Crippen LogP contribution in [0.2, 0.25) is 0 Å². The van der Waals surface area contributed by atoms with Crippen molar-refractivity contribution >= 4 is 9.84 Å². The van der Waals surface area contributed by atoms with E-state index in [1.54, 1.807) is 12.1 Å². The molecule has 1 unspecified atom stereocenters. The van der Waals surface area contributed by atoms with E-state index >= 15 is 0 Å². The third-order valence-corrected chi connectivity index (χ3v) is 5.50. The number of benzene rings is 1. The van der Waals surface area contributed by atoms with Crippen LogP contribution in [0.4, 0.5) is 0 Å². The molecule has 1 aromatic rings. The van der Waals surface area contributed by atoms with Crippen molar-refractivity contribution in [2.24, 2.45) is 11.7 Å². The molecule has 4 heteroatoms. The molecule has 1 rings (SSSR count). The molecule has 0 spiro atoms. The fourth-order valence-corrected chi connectivity index (χ4v) is 3.68. The van der Waals surface area contributed by atoms with Gasteiger partial charge in [0.15, 0.2) is 9.84 Å². The highest BCUT2D eigenvalue weighted by molar-refractivity contribution is 7.92. The predicted octanol–water partition coefficient (Wildman–Crippen LogP) is 2.01. The number of hydrogen-bond donors (Lipinski definition) is 1. The lowest BCUT2D eigenvalue weighted by atomic mass is 10.1. The van der Waals surface area contributed by atoms with Crippen molar-refractivity contribution in [3.63, 3.8) is 0 Å². The Morgan fingerprint density at radius 3 is 2.06 bits per heavy atom. The van der Waals surface area contributed by atoms with E-state index in [2.05, 4.69) is 0 Å². The van der Waals surface area contributed by atoms with Gasteiger partial charge in [0.05, 0.1) is 10.1 Å². The van der Waals surface area contributed by atoms with E-state index in [9.17, 15) is 8.42 Å². The van der Waals surface area contributed by atoms with Crippen molar-refractivity contribution < 1.29 is 8.42 Å². The minimum atomic E-state index is -3.30. The summed E-state index contributed by atoms with van der Waals surface area (Å²) in [7, 11) is -3.30. The molecule has 0 saturated carbocycles. The number of hydrogen-bond acceptors (Lipinski definition) is 3. The molecule has 0 aromatic heterocycles. The molecule has 3 nitrogen and oxygen atoms in total. The summed E-state index contributed by atoms with van der Waals surface area (Å²) in [5, 5.41) is -0.505. The Balaban J connectivity index is 3.11. The van der Waals surface area contributed by atoms with Crippen LogP contribution in [0, 0.1) is 5.92 Å². The summed E-state index contributed by atoms with van der Waals surface area (Å²) in [6.45, 7) is 5.97. The van der Waals surface area contributed by atoms with Crippen molar-refractivity contribution in [2.45, 2.75) is 37.3 Å². The number of rotatable bonds is 5. The Kier molecular flexibility index (Phi) is 4.71. The molecule has 1 aromatic carbocycles. The minimum absolute atomic E-state index is 0.0239. The molecule has 17 heavy (non-hydrogen) atoms. The average Bonchev–Trinajstić information content (AvgIpc) is 2.29. The van der Waals surface area contributed by atoms with E-state index in [1.165, 1.54) is 0 Å². The topological polar surface area (TPSA) is 60.2 Å². The third-order valence-electron chi connectivity index (χ3n) is 3.03. The first-order valence-electron chi connectivity index (χ1n) is 5.96. The second-order valence-electron chi connectivity index (χ2n) is 4.56. The van der Waals surface area contributed by atoms with Crippen LogP contribution >= 0.6 is 0 Å². The fourth-order valence-electron chi connectivity index (χ4n) is 1.85. The van der Waals surface area contributed by atoms with Gasteiger partial charge in [-0.05, 0) is 30.0 Å². The van der Waals surface area contributed by atoms with E-state index < -0.39 is 15.1 Å². The predicted molar refractivity (Wildman–Crippen MR) is 70.7 cm³/mol. The van der Waals surface area contributed by atoms with Crippen LogP contribution in [0.25, 0.3) is 0 Å². The van der Waals surface area contributed by atoms with Gasteiger partial charge < -0.3 is 5.73 Å². The highest BCUT2D eigenvalue weighted by atomic mass is 32.2. The van der Waals surface area contributed by atoms with Crippen LogP contribution in [0.15, 0.2) is 29.2 Å². The summed E-state index contributed by atoms with van der Waals surface area (Å²) in [6.07, 6.45) is 0.908. The van der Waals surface area contributed by atoms with E-state index in [1.807, 2.05) is 32.9 Å². The lowest BCUT2D eigenvalue weighted by Crippen LogP contribution is -2.34. The average molecular weight is 255 g/mol. The van der Waals surface area contributed by atoms with E-state index in [-0.39, 0.29) is 12.5 Å². The van der Waals surface area contributed by atoms with Crippen molar-refractivity contribution in [2.75, 3.05) is 6.54 Å². The van der Waals surface area contributed by atoms with Gasteiger partial charge in [0.2, 0.25) is 0 Å². The molecular formula is C13H21NO2S. The highest BCUT2D eigenvalue weighted by Crippen LogP contribution is 2.21. The number of aryl methyl sites for hydroxylation is 1. The summed E-state index contributed by atoms with van der Waals surface area (Å²) >= 11 is 0. The zero-order chi connectivity index (χ0) is 13.1. The Bertz CT molecular complexity index is 449. The first-order valence-corrected chi connectivity index (χ1v) is 7.51. The fraction of sp³-hybridized carbons (Fsp3) is 0.538. The molecule has 0 aliphatic rings. The van der Waals surface area contributed by atoms with Gasteiger partial charge >= 0.3 is 0 Å². The van der Waals surface area contributed by atoms with Gasteiger partial charge in [-0.3, -0.25) is 0 Å². The minimum Gasteiger partial charge on any atom is -0.329 e. The van der Waals surface area contributed by atoms with Crippen LogP contribution in [-0.2, 0) is 16.3 Å². The Hall–Kier alpha value is -0.870. The highest BCUT2D eigenvalue weighted by Gasteiger charge is 2.28. The van der Waals surface area contributed by atoms with E-state index in [0.29, 0.717) is 4.90 Å². The van der Waals surface area contributed by atoms with Gasteiger partial charge in [0.1, 0.15) is 0 Å². The summed E-state index contributed by atoms with van der Waals surface area (Å²) in [5.74, 6) is 0.0239. The molecule has 0 bridgehead atoms. The maximum atomic E-state index is 12.3. The first-order chi connectivity index (χ1) is 7.93. The molecule has 0 aliphatic carbocycles. The van der Waals surface area contributed by atoms with Crippen LogP contribution in [0.3, 0.4) is 0 Å². The second-order valence-corrected chi connectivity index (χ2v) is 6.73. The summed E-state index contributed by atoms with van der Waals surface area (Å²) in [6, 6.07) is 7.08. The van der Waals surface area contributed by atoms with Gasteiger partial charge in [0, 0.05) is 6.54 Å². The van der Waals surface area contributed by atoms with Crippen molar-refractivity contribution in [3.8, 4) is 0 Å². The smallest absolute Gasteiger partial charge is 0.182 e. The van der Waals surface area contributed by atoms with E-state index in [0.717, 1.165) is 12.0 Å². The lowest BCUT2D eigenvalue weighted by molar-refractivity contribution is 0.533. The molecule has 1 atom stereocenters. The van der Waals surface area contributed by atoms with E-state index in [4.69, 9.17) is 5.73 Å². The lowest BCUT2D eigenvalue weighted by Gasteiger charge is -2.19. The molecule has 0 heterocycles. The molecule has 0 saturated heterocycles. The number of sulfone groups is 1. The normalized spacial score (nSPS) is 13.9. The van der Waals surface area contributed by atoms with Gasteiger partial charge in [-0.15, -0.1) is 0 Å². The maximum Gasteiger partial charge on any atom is 0.182 e. The molecule has 96 valence electrons. The monoisotopic (exact) mass is 255 g/mol. The van der Waals surface area contributed by atoms with Crippen LogP contribution in [0.5, 0.6) is 0 Å².